The zero-order chi connectivity index (χ0) is 12.5. The van der Waals surface area contributed by atoms with Crippen molar-refractivity contribution < 1.29 is 0 Å². The van der Waals surface area contributed by atoms with Crippen LogP contribution < -0.4 is 0 Å². The average Bonchev–Trinajstić information content (AvgIpc) is 2.45. The monoisotopic (exact) mass is 226 g/mol. The molecule has 0 unspecified atom stereocenters. The third kappa shape index (κ3) is 1.53. The highest BCUT2D eigenvalue weighted by Crippen LogP contribution is 2.27. The number of benzene rings is 3. The molecule has 3 aromatic rings. The van der Waals surface area contributed by atoms with Gasteiger partial charge in [-0.2, -0.15) is 0 Å². The van der Waals surface area contributed by atoms with E-state index in [0.29, 0.717) is 0 Å². The molecule has 0 aromatic heterocycles. The summed E-state index contributed by atoms with van der Waals surface area (Å²) >= 11 is 0. The third-order valence-electron chi connectivity index (χ3n) is 3.17. The molecule has 0 aliphatic rings. The van der Waals surface area contributed by atoms with E-state index in [9.17, 15) is 0 Å². The zero-order valence-electron chi connectivity index (χ0n) is 9.77. The van der Waals surface area contributed by atoms with Crippen LogP contribution in [0.1, 0.15) is 11.1 Å². The van der Waals surface area contributed by atoms with E-state index in [1.165, 1.54) is 10.8 Å². The average molecular weight is 226 g/mol. The predicted octanol–water partition coefficient (Wildman–Crippen LogP) is 3.96. The van der Waals surface area contributed by atoms with Crippen LogP contribution in [-0.4, -0.2) is 0 Å². The number of hydrogen-bond acceptors (Lipinski definition) is 0. The molecule has 0 nitrogen and oxygen atoms in total. The van der Waals surface area contributed by atoms with Crippen molar-refractivity contribution in [2.24, 2.45) is 0 Å². The van der Waals surface area contributed by atoms with E-state index in [2.05, 4.69) is 24.0 Å². The molecule has 3 rings (SSSR count). The van der Waals surface area contributed by atoms with E-state index in [1.54, 1.807) is 0 Å². The largest absolute Gasteiger partial charge is 0.115 e. The van der Waals surface area contributed by atoms with Crippen molar-refractivity contribution in [3.05, 3.63) is 59.7 Å². The van der Waals surface area contributed by atoms with E-state index in [1.807, 2.05) is 36.4 Å². The Labute approximate surface area is 106 Å². The Bertz CT molecular complexity index is 767. The zero-order valence-corrected chi connectivity index (χ0v) is 9.77. The van der Waals surface area contributed by atoms with Crippen LogP contribution in [0.4, 0.5) is 0 Å². The number of terminal acetylenes is 2. The third-order valence-corrected chi connectivity index (χ3v) is 3.17. The van der Waals surface area contributed by atoms with Crippen molar-refractivity contribution >= 4 is 21.5 Å². The van der Waals surface area contributed by atoms with Gasteiger partial charge in [0.15, 0.2) is 0 Å². The van der Waals surface area contributed by atoms with Crippen LogP contribution in [0.2, 0.25) is 0 Å². The Morgan fingerprint density at radius 2 is 1.00 bits per heavy atom. The minimum Gasteiger partial charge on any atom is -0.115 e. The second-order valence-corrected chi connectivity index (χ2v) is 4.23. The van der Waals surface area contributed by atoms with Crippen LogP contribution in [-0.2, 0) is 0 Å². The van der Waals surface area contributed by atoms with Gasteiger partial charge in [-0.25, -0.2) is 0 Å². The van der Waals surface area contributed by atoms with Gasteiger partial charge >= 0.3 is 0 Å². The highest BCUT2D eigenvalue weighted by molar-refractivity contribution is 6.08. The summed E-state index contributed by atoms with van der Waals surface area (Å²) in [4.78, 5) is 0. The summed E-state index contributed by atoms with van der Waals surface area (Å²) in [5.74, 6) is 5.34. The topological polar surface area (TPSA) is 0 Å². The lowest BCUT2D eigenvalue weighted by Gasteiger charge is -2.05. The summed E-state index contributed by atoms with van der Waals surface area (Å²) < 4.78 is 0. The summed E-state index contributed by atoms with van der Waals surface area (Å²) in [7, 11) is 0. The van der Waals surface area contributed by atoms with Crippen LogP contribution in [0.15, 0.2) is 48.5 Å². The molecule has 0 heteroatoms. The van der Waals surface area contributed by atoms with Crippen LogP contribution in [0, 0.1) is 24.7 Å². The molecule has 0 saturated heterocycles. The lowest BCUT2D eigenvalue weighted by atomic mass is 9.98. The van der Waals surface area contributed by atoms with Gasteiger partial charge in [0.05, 0.1) is 0 Å². The van der Waals surface area contributed by atoms with Crippen molar-refractivity contribution in [1.29, 1.82) is 0 Å². The Morgan fingerprint density at radius 3 is 1.39 bits per heavy atom. The maximum Gasteiger partial charge on any atom is 0.0249 e. The van der Waals surface area contributed by atoms with Gasteiger partial charge in [0.1, 0.15) is 0 Å². The minimum absolute atomic E-state index is 0.890. The summed E-state index contributed by atoms with van der Waals surface area (Å²) in [6.07, 6.45) is 10.9. The summed E-state index contributed by atoms with van der Waals surface area (Å²) in [6, 6.07) is 16.3. The lowest BCUT2D eigenvalue weighted by Crippen LogP contribution is -1.82. The molecule has 0 bridgehead atoms. The first kappa shape index (κ1) is 10.5. The van der Waals surface area contributed by atoms with Crippen molar-refractivity contribution in [1.82, 2.24) is 0 Å². The standard InChI is InChI=1S/C18H10/c1-3-13-5-7-15-9-10-16-8-6-14(4-2)12-18(16)17(15)11-13/h1-2,5-12H. The lowest BCUT2D eigenvalue weighted by molar-refractivity contribution is 1.69. The van der Waals surface area contributed by atoms with Crippen molar-refractivity contribution in [3.63, 3.8) is 0 Å². The van der Waals surface area contributed by atoms with Gasteiger partial charge in [0.2, 0.25) is 0 Å². The van der Waals surface area contributed by atoms with E-state index in [0.717, 1.165) is 21.9 Å². The molecule has 0 saturated carbocycles. The van der Waals surface area contributed by atoms with Gasteiger partial charge in [-0.1, -0.05) is 36.1 Å². The first-order valence-corrected chi connectivity index (χ1v) is 5.71. The minimum atomic E-state index is 0.890. The molecule has 0 amide bonds. The van der Waals surface area contributed by atoms with Crippen molar-refractivity contribution in [2.45, 2.75) is 0 Å². The van der Waals surface area contributed by atoms with Crippen LogP contribution in [0.3, 0.4) is 0 Å². The number of rotatable bonds is 0. The van der Waals surface area contributed by atoms with Crippen LogP contribution >= 0.6 is 0 Å². The molecule has 0 N–H and O–H groups in total. The Balaban J connectivity index is 2.50. The molecule has 18 heavy (non-hydrogen) atoms. The Kier molecular flexibility index (Phi) is 2.30. The highest BCUT2D eigenvalue weighted by atomic mass is 14.1. The van der Waals surface area contributed by atoms with Gasteiger partial charge in [-0.05, 0) is 45.8 Å². The van der Waals surface area contributed by atoms with Gasteiger partial charge in [-0.3, -0.25) is 0 Å². The summed E-state index contributed by atoms with van der Waals surface area (Å²) in [5, 5.41) is 4.66. The van der Waals surface area contributed by atoms with Crippen LogP contribution in [0.5, 0.6) is 0 Å². The van der Waals surface area contributed by atoms with E-state index >= 15 is 0 Å². The van der Waals surface area contributed by atoms with Crippen molar-refractivity contribution in [3.8, 4) is 24.7 Å². The first-order valence-electron chi connectivity index (χ1n) is 5.71. The predicted molar refractivity (Wildman–Crippen MR) is 77.3 cm³/mol. The molecule has 0 atom stereocenters. The molecule has 0 heterocycles. The Morgan fingerprint density at radius 1 is 0.611 bits per heavy atom. The van der Waals surface area contributed by atoms with Crippen molar-refractivity contribution in [2.75, 3.05) is 0 Å². The van der Waals surface area contributed by atoms with E-state index in [4.69, 9.17) is 12.8 Å². The number of hydrogen-bond donors (Lipinski definition) is 0. The number of fused-ring (bicyclic) bond motifs is 3. The molecular formula is C18H10. The molecular weight excluding hydrogens is 216 g/mol. The second kappa shape index (κ2) is 3.95. The second-order valence-electron chi connectivity index (χ2n) is 4.23. The smallest absolute Gasteiger partial charge is 0.0249 e. The van der Waals surface area contributed by atoms with Gasteiger partial charge < -0.3 is 0 Å². The fraction of sp³-hybridized carbons (Fsp3) is 0. The van der Waals surface area contributed by atoms with Gasteiger partial charge in [0.25, 0.3) is 0 Å². The maximum atomic E-state index is 5.46. The fourth-order valence-corrected chi connectivity index (χ4v) is 2.23. The van der Waals surface area contributed by atoms with Crippen LogP contribution in [0.25, 0.3) is 21.5 Å². The molecule has 0 spiro atoms. The van der Waals surface area contributed by atoms with Gasteiger partial charge in [-0.15, -0.1) is 12.8 Å². The molecule has 82 valence electrons. The SMILES string of the molecule is C#Cc1ccc2ccc3ccc(C#C)cc3c2c1. The van der Waals surface area contributed by atoms with E-state index in [-0.39, 0.29) is 0 Å². The fourth-order valence-electron chi connectivity index (χ4n) is 2.23. The van der Waals surface area contributed by atoms with Gasteiger partial charge in [0, 0.05) is 11.1 Å². The normalized spacial score (nSPS) is 10.1. The molecule has 0 aliphatic heterocycles. The summed E-state index contributed by atoms with van der Waals surface area (Å²) in [6.45, 7) is 0. The van der Waals surface area contributed by atoms with E-state index < -0.39 is 0 Å². The molecule has 3 aromatic carbocycles. The molecule has 0 aliphatic carbocycles. The first-order chi connectivity index (χ1) is 8.81. The molecule has 0 fully saturated rings. The maximum absolute atomic E-state index is 5.46. The summed E-state index contributed by atoms with van der Waals surface area (Å²) in [5.41, 5.74) is 1.78. The quantitative estimate of drug-likeness (QED) is 0.402. The molecule has 0 radical (unpaired) electrons. The Hall–Kier alpha value is -2.70. The highest BCUT2D eigenvalue weighted by Gasteiger charge is 2.02.